The number of hydrogen-bond acceptors (Lipinski definition) is 3. The molecule has 2 rings (SSSR count). The normalized spacial score (nSPS) is 20.0. The minimum absolute atomic E-state index is 0.181. The predicted molar refractivity (Wildman–Crippen MR) is 54.4 cm³/mol. The largest absolute Gasteiger partial charge is 0.319 e. The molecule has 68 valence electrons. The average molecular weight is 192 g/mol. The Morgan fingerprint density at radius 2 is 2.23 bits per heavy atom. The van der Waals surface area contributed by atoms with E-state index in [1.54, 1.807) is 11.3 Å². The predicted octanol–water partition coefficient (Wildman–Crippen LogP) is 1.85. The van der Waals surface area contributed by atoms with Gasteiger partial charge in [-0.2, -0.15) is 0 Å². The fourth-order valence-electron chi connectivity index (χ4n) is 1.79. The van der Waals surface area contributed by atoms with Crippen LogP contribution < -0.4 is 5.73 Å². The minimum Gasteiger partial charge on any atom is -0.319 e. The number of nitrogens with zero attached hydrogens (tertiary/aromatic N) is 1. The number of nitrogens with two attached hydrogens (primary N) is 1. The van der Waals surface area contributed by atoms with E-state index < -0.39 is 0 Å². The molecular weight excluding hydrogens is 180 g/mol. The van der Waals surface area contributed by atoms with Gasteiger partial charge in [0.05, 0.1) is 5.54 Å². The first-order valence-electron chi connectivity index (χ1n) is 4.46. The van der Waals surface area contributed by atoms with Crippen molar-refractivity contribution in [2.45, 2.75) is 31.2 Å². The van der Waals surface area contributed by atoms with E-state index in [2.05, 4.69) is 10.9 Å². The quantitative estimate of drug-likeness (QED) is 0.690. The standard InChI is InChI=1S/C10H12N2S/c1-2-8-7-13-9(12-8)10(11)5-3-4-6-10/h1,7H,3-6,11H2. The van der Waals surface area contributed by atoms with E-state index in [1.165, 1.54) is 12.8 Å². The average Bonchev–Trinajstić information content (AvgIpc) is 2.72. The first kappa shape index (κ1) is 8.74. The molecule has 0 atom stereocenters. The highest BCUT2D eigenvalue weighted by molar-refractivity contribution is 7.09. The van der Waals surface area contributed by atoms with Crippen LogP contribution in [0.3, 0.4) is 0 Å². The third-order valence-electron chi connectivity index (χ3n) is 2.57. The van der Waals surface area contributed by atoms with Crippen LogP contribution in [0.2, 0.25) is 0 Å². The summed E-state index contributed by atoms with van der Waals surface area (Å²) >= 11 is 1.59. The van der Waals surface area contributed by atoms with Crippen molar-refractivity contribution in [3.63, 3.8) is 0 Å². The molecule has 0 spiro atoms. The number of aromatic nitrogens is 1. The Kier molecular flexibility index (Phi) is 2.10. The third kappa shape index (κ3) is 1.48. The van der Waals surface area contributed by atoms with Gasteiger partial charge in [0.1, 0.15) is 10.7 Å². The number of rotatable bonds is 1. The summed E-state index contributed by atoms with van der Waals surface area (Å²) in [7, 11) is 0. The molecule has 13 heavy (non-hydrogen) atoms. The molecule has 1 aromatic rings. The lowest BCUT2D eigenvalue weighted by molar-refractivity contribution is 0.459. The molecule has 0 aliphatic heterocycles. The summed E-state index contributed by atoms with van der Waals surface area (Å²) in [5, 5.41) is 2.92. The number of hydrogen-bond donors (Lipinski definition) is 1. The van der Waals surface area contributed by atoms with E-state index in [0.29, 0.717) is 0 Å². The van der Waals surface area contributed by atoms with Crippen molar-refractivity contribution >= 4 is 11.3 Å². The van der Waals surface area contributed by atoms with Crippen LogP contribution >= 0.6 is 11.3 Å². The molecule has 0 radical (unpaired) electrons. The molecule has 0 unspecified atom stereocenters. The zero-order valence-corrected chi connectivity index (χ0v) is 8.23. The molecule has 0 bridgehead atoms. The molecular formula is C10H12N2S. The maximum atomic E-state index is 6.23. The van der Waals surface area contributed by atoms with Gasteiger partial charge in [-0.3, -0.25) is 0 Å². The van der Waals surface area contributed by atoms with Gasteiger partial charge in [-0.05, 0) is 18.8 Å². The molecule has 1 heterocycles. The molecule has 1 aliphatic carbocycles. The van der Waals surface area contributed by atoms with E-state index in [9.17, 15) is 0 Å². The summed E-state index contributed by atoms with van der Waals surface area (Å²) in [5.41, 5.74) is 6.77. The highest BCUT2D eigenvalue weighted by Gasteiger charge is 2.33. The second-order valence-corrected chi connectivity index (χ2v) is 4.40. The van der Waals surface area contributed by atoms with E-state index in [1.807, 2.05) is 5.38 Å². The van der Waals surface area contributed by atoms with Crippen LogP contribution in [0.1, 0.15) is 36.4 Å². The van der Waals surface area contributed by atoms with Crippen molar-refractivity contribution in [3.05, 3.63) is 16.1 Å². The zero-order valence-electron chi connectivity index (χ0n) is 7.42. The molecule has 2 N–H and O–H groups in total. The second kappa shape index (κ2) is 3.13. The molecule has 0 saturated heterocycles. The number of thiazole rings is 1. The van der Waals surface area contributed by atoms with Crippen LogP contribution in [0.15, 0.2) is 5.38 Å². The maximum absolute atomic E-state index is 6.23. The highest BCUT2D eigenvalue weighted by atomic mass is 32.1. The molecule has 1 fully saturated rings. The van der Waals surface area contributed by atoms with Crippen molar-refractivity contribution in [2.24, 2.45) is 5.73 Å². The second-order valence-electron chi connectivity index (χ2n) is 3.55. The smallest absolute Gasteiger partial charge is 0.124 e. The number of terminal acetylenes is 1. The zero-order chi connectivity index (χ0) is 9.31. The van der Waals surface area contributed by atoms with E-state index in [0.717, 1.165) is 23.5 Å². The Hall–Kier alpha value is -0.850. The summed E-state index contributed by atoms with van der Waals surface area (Å²) in [6.07, 6.45) is 9.77. The maximum Gasteiger partial charge on any atom is 0.124 e. The Morgan fingerprint density at radius 1 is 1.54 bits per heavy atom. The van der Waals surface area contributed by atoms with Crippen LogP contribution in [0.4, 0.5) is 0 Å². The van der Waals surface area contributed by atoms with Crippen molar-refractivity contribution < 1.29 is 0 Å². The van der Waals surface area contributed by atoms with Gasteiger partial charge in [-0.15, -0.1) is 17.8 Å². The van der Waals surface area contributed by atoms with E-state index in [4.69, 9.17) is 12.2 Å². The lowest BCUT2D eigenvalue weighted by atomic mass is 10.0. The van der Waals surface area contributed by atoms with Crippen LogP contribution in [0.5, 0.6) is 0 Å². The monoisotopic (exact) mass is 192 g/mol. The topological polar surface area (TPSA) is 38.9 Å². The Bertz CT molecular complexity index is 342. The first-order valence-corrected chi connectivity index (χ1v) is 5.34. The molecule has 0 amide bonds. The molecule has 1 saturated carbocycles. The Morgan fingerprint density at radius 3 is 2.77 bits per heavy atom. The van der Waals surface area contributed by atoms with Crippen LogP contribution in [-0.4, -0.2) is 4.98 Å². The van der Waals surface area contributed by atoms with Crippen molar-refractivity contribution in [3.8, 4) is 12.3 Å². The molecule has 2 nitrogen and oxygen atoms in total. The van der Waals surface area contributed by atoms with Gasteiger partial charge in [-0.1, -0.05) is 12.8 Å². The van der Waals surface area contributed by atoms with Gasteiger partial charge in [0.15, 0.2) is 0 Å². The Balaban J connectivity index is 2.30. The molecule has 1 aromatic heterocycles. The fourth-order valence-corrected chi connectivity index (χ4v) is 2.72. The highest BCUT2D eigenvalue weighted by Crippen LogP contribution is 2.37. The lowest BCUT2D eigenvalue weighted by Crippen LogP contribution is -2.32. The van der Waals surface area contributed by atoms with E-state index >= 15 is 0 Å². The lowest BCUT2D eigenvalue weighted by Gasteiger charge is -2.19. The van der Waals surface area contributed by atoms with Gasteiger partial charge in [0.2, 0.25) is 0 Å². The van der Waals surface area contributed by atoms with Crippen molar-refractivity contribution in [2.75, 3.05) is 0 Å². The van der Waals surface area contributed by atoms with Crippen molar-refractivity contribution in [1.82, 2.24) is 4.98 Å². The fraction of sp³-hybridized carbons (Fsp3) is 0.500. The van der Waals surface area contributed by atoms with Gasteiger partial charge in [0.25, 0.3) is 0 Å². The summed E-state index contributed by atoms with van der Waals surface area (Å²) in [6.45, 7) is 0. The summed E-state index contributed by atoms with van der Waals surface area (Å²) < 4.78 is 0. The van der Waals surface area contributed by atoms with Gasteiger partial charge >= 0.3 is 0 Å². The summed E-state index contributed by atoms with van der Waals surface area (Å²) in [4.78, 5) is 4.34. The van der Waals surface area contributed by atoms with Gasteiger partial charge in [0, 0.05) is 5.38 Å². The first-order chi connectivity index (χ1) is 6.24. The third-order valence-corrected chi connectivity index (χ3v) is 3.64. The molecule has 1 aliphatic rings. The van der Waals surface area contributed by atoms with Gasteiger partial charge < -0.3 is 5.73 Å². The van der Waals surface area contributed by atoms with Crippen LogP contribution in [0, 0.1) is 12.3 Å². The van der Waals surface area contributed by atoms with Gasteiger partial charge in [-0.25, -0.2) is 4.98 Å². The SMILES string of the molecule is C#Cc1csc(C2(N)CCCC2)n1. The molecule has 3 heteroatoms. The van der Waals surface area contributed by atoms with E-state index in [-0.39, 0.29) is 5.54 Å². The van der Waals surface area contributed by atoms with Crippen LogP contribution in [-0.2, 0) is 5.54 Å². The molecule has 0 aromatic carbocycles. The van der Waals surface area contributed by atoms with Crippen molar-refractivity contribution in [1.29, 1.82) is 0 Å². The summed E-state index contributed by atoms with van der Waals surface area (Å²) in [6, 6.07) is 0. The Labute approximate surface area is 82.2 Å². The van der Waals surface area contributed by atoms with Crippen LogP contribution in [0.25, 0.3) is 0 Å². The summed E-state index contributed by atoms with van der Waals surface area (Å²) in [5.74, 6) is 2.53. The minimum atomic E-state index is -0.181.